The molecule has 7 nitrogen and oxygen atoms in total. The summed E-state index contributed by atoms with van der Waals surface area (Å²) >= 11 is 0. The summed E-state index contributed by atoms with van der Waals surface area (Å²) < 4.78 is 5.72. The van der Waals surface area contributed by atoms with E-state index in [0.717, 1.165) is 23.6 Å². The first kappa shape index (κ1) is 20.4. The van der Waals surface area contributed by atoms with Gasteiger partial charge in [-0.05, 0) is 53.4 Å². The van der Waals surface area contributed by atoms with Crippen molar-refractivity contribution in [2.45, 2.75) is 25.3 Å². The molecular weight excluding hydrogens is 396 g/mol. The number of fused-ring (bicyclic) bond motifs is 1. The van der Waals surface area contributed by atoms with E-state index in [-0.39, 0.29) is 30.9 Å². The zero-order valence-electron chi connectivity index (χ0n) is 16.8. The van der Waals surface area contributed by atoms with Crippen molar-refractivity contribution in [3.05, 3.63) is 71.8 Å². The fourth-order valence-corrected chi connectivity index (χ4v) is 3.24. The smallest absolute Gasteiger partial charge is 0.307 e. The fourth-order valence-electron chi connectivity index (χ4n) is 3.24. The zero-order valence-corrected chi connectivity index (χ0v) is 16.8. The van der Waals surface area contributed by atoms with Crippen molar-refractivity contribution in [1.82, 2.24) is 5.32 Å². The molecule has 0 radical (unpaired) electrons. The summed E-state index contributed by atoms with van der Waals surface area (Å²) in [5.74, 6) is -1.18. The molecule has 0 saturated heterocycles. The van der Waals surface area contributed by atoms with Crippen LogP contribution in [0.4, 0.5) is 5.69 Å². The minimum atomic E-state index is -0.916. The highest BCUT2D eigenvalue weighted by molar-refractivity contribution is 6.08. The molecule has 0 heterocycles. The molecule has 2 amide bonds. The highest BCUT2D eigenvalue weighted by atomic mass is 16.5. The maximum Gasteiger partial charge on any atom is 0.307 e. The van der Waals surface area contributed by atoms with Gasteiger partial charge in [-0.2, -0.15) is 0 Å². The predicted octanol–water partition coefficient (Wildman–Crippen LogP) is 3.38. The topological polar surface area (TPSA) is 105 Å². The van der Waals surface area contributed by atoms with E-state index in [4.69, 9.17) is 9.84 Å². The quantitative estimate of drug-likeness (QED) is 0.520. The highest BCUT2D eigenvalue weighted by Gasteiger charge is 2.23. The molecule has 1 aliphatic carbocycles. The average Bonchev–Trinajstić information content (AvgIpc) is 3.56. The van der Waals surface area contributed by atoms with E-state index < -0.39 is 5.97 Å². The van der Waals surface area contributed by atoms with Crippen LogP contribution in [0.25, 0.3) is 10.8 Å². The van der Waals surface area contributed by atoms with Gasteiger partial charge in [-0.3, -0.25) is 14.4 Å². The Morgan fingerprint density at radius 1 is 0.968 bits per heavy atom. The molecule has 3 N–H and O–H groups in total. The van der Waals surface area contributed by atoms with Crippen molar-refractivity contribution in [3.63, 3.8) is 0 Å². The molecule has 1 aliphatic rings. The lowest BCUT2D eigenvalue weighted by atomic mass is 10.0. The van der Waals surface area contributed by atoms with Crippen LogP contribution in [0.15, 0.2) is 60.7 Å². The number of carboxylic acid groups (broad SMARTS) is 1. The van der Waals surface area contributed by atoms with Crippen LogP contribution in [0.2, 0.25) is 0 Å². The van der Waals surface area contributed by atoms with Crippen LogP contribution >= 0.6 is 0 Å². The number of carbonyl (C=O) groups excluding carboxylic acids is 2. The van der Waals surface area contributed by atoms with Crippen LogP contribution in [-0.2, 0) is 16.0 Å². The van der Waals surface area contributed by atoms with Crippen LogP contribution in [-0.4, -0.2) is 35.5 Å². The van der Waals surface area contributed by atoms with E-state index in [1.807, 2.05) is 24.3 Å². The molecule has 0 bridgehead atoms. The number of amides is 2. The second kappa shape index (κ2) is 8.87. The number of nitrogens with one attached hydrogen (secondary N) is 2. The van der Waals surface area contributed by atoms with Crippen LogP contribution < -0.4 is 15.4 Å². The van der Waals surface area contributed by atoms with Gasteiger partial charge in [0.2, 0.25) is 0 Å². The molecule has 1 saturated carbocycles. The van der Waals surface area contributed by atoms with Gasteiger partial charge in [-0.15, -0.1) is 0 Å². The molecule has 1 fully saturated rings. The maximum absolute atomic E-state index is 13.0. The first-order valence-corrected chi connectivity index (χ1v) is 10.0. The molecule has 0 aromatic heterocycles. The first-order valence-electron chi connectivity index (χ1n) is 10.0. The Bertz CT molecular complexity index is 1140. The Morgan fingerprint density at radius 2 is 1.65 bits per heavy atom. The van der Waals surface area contributed by atoms with Crippen LogP contribution in [0.5, 0.6) is 5.75 Å². The van der Waals surface area contributed by atoms with Crippen LogP contribution in [0.1, 0.15) is 28.8 Å². The van der Waals surface area contributed by atoms with Gasteiger partial charge < -0.3 is 20.5 Å². The van der Waals surface area contributed by atoms with Gasteiger partial charge in [0.05, 0.1) is 12.0 Å². The Labute approximate surface area is 179 Å². The Morgan fingerprint density at radius 3 is 2.29 bits per heavy atom. The minimum Gasteiger partial charge on any atom is -0.483 e. The van der Waals surface area contributed by atoms with Crippen molar-refractivity contribution in [1.29, 1.82) is 0 Å². The Hall–Kier alpha value is -3.87. The molecule has 4 rings (SSSR count). The summed E-state index contributed by atoms with van der Waals surface area (Å²) in [6.07, 6.45) is 1.89. The molecule has 158 valence electrons. The standard InChI is InChI=1S/C24H22N2O5/c27-22(25-18-9-10-18)14-31-21-13-17-4-2-1-3-16(17)12-20(21)24(30)26-19-7-5-15(6-8-19)11-23(28)29/h1-8,12-13,18H,9-11,14H2,(H,25,27)(H,26,30)(H,28,29). The summed E-state index contributed by atoms with van der Waals surface area (Å²) in [6.45, 7) is -0.168. The van der Waals surface area contributed by atoms with E-state index in [2.05, 4.69) is 10.6 Å². The third-order valence-electron chi connectivity index (χ3n) is 4.96. The molecular formula is C24H22N2O5. The summed E-state index contributed by atoms with van der Waals surface area (Å²) in [5, 5.41) is 16.3. The number of anilines is 1. The van der Waals surface area contributed by atoms with Gasteiger partial charge in [0.25, 0.3) is 11.8 Å². The minimum absolute atomic E-state index is 0.0835. The van der Waals surface area contributed by atoms with E-state index in [1.165, 1.54) is 0 Å². The van der Waals surface area contributed by atoms with Crippen molar-refractivity contribution >= 4 is 34.2 Å². The molecule has 0 atom stereocenters. The Kier molecular flexibility index (Phi) is 5.84. The van der Waals surface area contributed by atoms with E-state index in [9.17, 15) is 14.4 Å². The molecule has 3 aromatic rings. The SMILES string of the molecule is O=C(O)Cc1ccc(NC(=O)c2cc3ccccc3cc2OCC(=O)NC2CC2)cc1. The third kappa shape index (κ3) is 5.39. The van der Waals surface area contributed by atoms with Gasteiger partial charge in [-0.1, -0.05) is 36.4 Å². The number of benzene rings is 3. The van der Waals surface area contributed by atoms with Gasteiger partial charge in [-0.25, -0.2) is 0 Å². The van der Waals surface area contributed by atoms with Crippen molar-refractivity contribution in [3.8, 4) is 5.75 Å². The number of ether oxygens (including phenoxy) is 1. The summed E-state index contributed by atoms with van der Waals surface area (Å²) in [7, 11) is 0. The number of carbonyl (C=O) groups is 3. The molecule has 31 heavy (non-hydrogen) atoms. The number of hydrogen-bond acceptors (Lipinski definition) is 4. The summed E-state index contributed by atoms with van der Waals surface area (Å²) in [5.41, 5.74) is 1.49. The maximum atomic E-state index is 13.0. The summed E-state index contributed by atoms with van der Waals surface area (Å²) in [4.78, 5) is 35.8. The Balaban J connectivity index is 1.54. The van der Waals surface area contributed by atoms with Gasteiger partial charge >= 0.3 is 5.97 Å². The van der Waals surface area contributed by atoms with Gasteiger partial charge in [0.1, 0.15) is 5.75 Å². The van der Waals surface area contributed by atoms with Crippen LogP contribution in [0, 0.1) is 0 Å². The zero-order chi connectivity index (χ0) is 21.8. The van der Waals surface area contributed by atoms with E-state index in [1.54, 1.807) is 36.4 Å². The molecule has 0 aliphatic heterocycles. The number of rotatable bonds is 8. The van der Waals surface area contributed by atoms with Crippen molar-refractivity contribution in [2.24, 2.45) is 0 Å². The van der Waals surface area contributed by atoms with Crippen molar-refractivity contribution in [2.75, 3.05) is 11.9 Å². The number of aliphatic carboxylic acids is 1. The fraction of sp³-hybridized carbons (Fsp3) is 0.208. The number of carboxylic acids is 1. The second-order valence-electron chi connectivity index (χ2n) is 7.55. The molecule has 0 unspecified atom stereocenters. The monoisotopic (exact) mass is 418 g/mol. The van der Waals surface area contributed by atoms with Gasteiger partial charge in [0, 0.05) is 11.7 Å². The number of hydrogen-bond donors (Lipinski definition) is 3. The largest absolute Gasteiger partial charge is 0.483 e. The normalized spacial score (nSPS) is 12.9. The summed E-state index contributed by atoms with van der Waals surface area (Å²) in [6, 6.07) is 17.9. The lowest BCUT2D eigenvalue weighted by Gasteiger charge is -2.14. The lowest BCUT2D eigenvalue weighted by molar-refractivity contribution is -0.136. The average molecular weight is 418 g/mol. The third-order valence-corrected chi connectivity index (χ3v) is 4.96. The first-order chi connectivity index (χ1) is 15.0. The highest BCUT2D eigenvalue weighted by Crippen LogP contribution is 2.27. The van der Waals surface area contributed by atoms with Gasteiger partial charge in [0.15, 0.2) is 6.61 Å². The van der Waals surface area contributed by atoms with Crippen LogP contribution in [0.3, 0.4) is 0 Å². The lowest BCUT2D eigenvalue weighted by Crippen LogP contribution is -2.30. The second-order valence-corrected chi connectivity index (χ2v) is 7.55. The predicted molar refractivity (Wildman–Crippen MR) is 116 cm³/mol. The molecule has 7 heteroatoms. The van der Waals surface area contributed by atoms with E-state index >= 15 is 0 Å². The van der Waals surface area contributed by atoms with E-state index in [0.29, 0.717) is 22.6 Å². The molecule has 3 aromatic carbocycles. The van der Waals surface area contributed by atoms with Crippen molar-refractivity contribution < 1.29 is 24.2 Å². The molecule has 0 spiro atoms.